The molecule has 0 radical (unpaired) electrons. The number of aliphatic carboxylic acids is 1. The first-order valence-electron chi connectivity index (χ1n) is 8.50. The summed E-state index contributed by atoms with van der Waals surface area (Å²) in [6, 6.07) is 7.36. The van der Waals surface area contributed by atoms with Gasteiger partial charge in [-0.05, 0) is 40.2 Å². The number of benzene rings is 1. The first-order valence-corrected chi connectivity index (χ1v) is 8.50. The molecule has 8 heteroatoms. The van der Waals surface area contributed by atoms with E-state index in [9.17, 15) is 19.5 Å². The maximum atomic E-state index is 12.6. The summed E-state index contributed by atoms with van der Waals surface area (Å²) in [7, 11) is 1.36. The molecular formula is C19H28N2O6. The second kappa shape index (κ2) is 8.85. The molecule has 0 heterocycles. The van der Waals surface area contributed by atoms with Gasteiger partial charge in [0.05, 0.1) is 0 Å². The number of hydrogen-bond acceptors (Lipinski definition) is 5. The van der Waals surface area contributed by atoms with Crippen LogP contribution < -0.4 is 10.6 Å². The lowest BCUT2D eigenvalue weighted by molar-refractivity contribution is -0.147. The van der Waals surface area contributed by atoms with E-state index in [1.807, 2.05) is 0 Å². The van der Waals surface area contributed by atoms with Gasteiger partial charge < -0.3 is 25.2 Å². The van der Waals surface area contributed by atoms with Crippen LogP contribution >= 0.6 is 0 Å². The van der Waals surface area contributed by atoms with Gasteiger partial charge in [0.25, 0.3) is 0 Å². The van der Waals surface area contributed by atoms with E-state index in [0.717, 1.165) is 0 Å². The van der Waals surface area contributed by atoms with Gasteiger partial charge in [0.1, 0.15) is 17.2 Å². The van der Waals surface area contributed by atoms with Gasteiger partial charge in [0.2, 0.25) is 5.91 Å². The summed E-state index contributed by atoms with van der Waals surface area (Å²) in [5.74, 6) is -1.94. The van der Waals surface area contributed by atoms with Crippen LogP contribution in [0.5, 0.6) is 0 Å². The van der Waals surface area contributed by atoms with E-state index in [1.165, 1.54) is 21.0 Å². The molecule has 1 aromatic rings. The summed E-state index contributed by atoms with van der Waals surface area (Å²) in [6.45, 7) is 8.00. The Labute approximate surface area is 159 Å². The lowest BCUT2D eigenvalue weighted by Crippen LogP contribution is -2.59. The predicted octanol–water partition coefficient (Wildman–Crippen LogP) is 2.25. The lowest BCUT2D eigenvalue weighted by Gasteiger charge is -2.30. The van der Waals surface area contributed by atoms with Crippen LogP contribution in [0.4, 0.5) is 4.79 Å². The van der Waals surface area contributed by atoms with Crippen molar-refractivity contribution in [1.82, 2.24) is 10.6 Å². The first kappa shape index (κ1) is 22.4. The van der Waals surface area contributed by atoms with Gasteiger partial charge in [-0.15, -0.1) is 0 Å². The van der Waals surface area contributed by atoms with Gasteiger partial charge >= 0.3 is 12.1 Å². The zero-order valence-corrected chi connectivity index (χ0v) is 16.5. The zero-order chi connectivity index (χ0) is 20.8. The van der Waals surface area contributed by atoms with Gasteiger partial charge in [-0.25, -0.2) is 9.59 Å². The summed E-state index contributed by atoms with van der Waals surface area (Å²) < 4.78 is 10.5. The third kappa shape index (κ3) is 6.90. The van der Waals surface area contributed by atoms with Crippen molar-refractivity contribution in [2.75, 3.05) is 7.11 Å². The predicted molar refractivity (Wildman–Crippen MR) is 99.2 cm³/mol. The van der Waals surface area contributed by atoms with Crippen molar-refractivity contribution >= 4 is 18.0 Å². The number of alkyl carbamates (subject to hydrolysis) is 1. The molecule has 1 rings (SSSR count). The van der Waals surface area contributed by atoms with E-state index in [4.69, 9.17) is 9.47 Å². The van der Waals surface area contributed by atoms with E-state index >= 15 is 0 Å². The molecule has 27 heavy (non-hydrogen) atoms. The van der Waals surface area contributed by atoms with E-state index < -0.39 is 41.3 Å². The number of carbonyl (C=O) groups is 3. The highest BCUT2D eigenvalue weighted by Gasteiger charge is 2.37. The highest BCUT2D eigenvalue weighted by Crippen LogP contribution is 2.21. The van der Waals surface area contributed by atoms with Crippen molar-refractivity contribution in [3.8, 4) is 0 Å². The summed E-state index contributed by atoms with van der Waals surface area (Å²) in [4.78, 5) is 36.3. The van der Waals surface area contributed by atoms with E-state index in [1.54, 1.807) is 51.1 Å². The second-order valence-electron chi connectivity index (χ2n) is 7.61. The normalized spacial score (nSPS) is 14.0. The molecule has 3 N–H and O–H groups in total. The van der Waals surface area contributed by atoms with Gasteiger partial charge in [-0.1, -0.05) is 30.3 Å². The van der Waals surface area contributed by atoms with Gasteiger partial charge in [-0.3, -0.25) is 4.79 Å². The van der Waals surface area contributed by atoms with Crippen LogP contribution in [0, 0.1) is 0 Å². The molecule has 0 aliphatic rings. The topological polar surface area (TPSA) is 114 Å². The largest absolute Gasteiger partial charge is 0.480 e. The monoisotopic (exact) mass is 380 g/mol. The SMILES string of the molecule is COC(c1ccccc1)[C@@H](NC(=O)C(C)(C)NC(=O)OC(C)(C)C)C(=O)O. The highest BCUT2D eigenvalue weighted by molar-refractivity contribution is 5.92. The number of rotatable bonds is 7. The number of ether oxygens (including phenoxy) is 2. The Bertz CT molecular complexity index is 667. The average Bonchev–Trinajstić information content (AvgIpc) is 2.52. The third-order valence-electron chi connectivity index (χ3n) is 3.62. The number of carboxylic acids is 1. The lowest BCUT2D eigenvalue weighted by atomic mass is 9.99. The molecule has 0 fully saturated rings. The van der Waals surface area contributed by atoms with Gasteiger partial charge in [-0.2, -0.15) is 0 Å². The molecule has 0 aliphatic carbocycles. The van der Waals surface area contributed by atoms with Crippen LogP contribution in [-0.2, 0) is 19.1 Å². The van der Waals surface area contributed by atoms with Crippen molar-refractivity contribution in [2.24, 2.45) is 0 Å². The molecule has 0 saturated carbocycles. The van der Waals surface area contributed by atoms with Crippen LogP contribution in [0.2, 0.25) is 0 Å². The Morgan fingerprint density at radius 2 is 1.59 bits per heavy atom. The molecule has 0 saturated heterocycles. The smallest absolute Gasteiger partial charge is 0.408 e. The molecule has 2 atom stereocenters. The minimum absolute atomic E-state index is 0.602. The number of hydrogen-bond donors (Lipinski definition) is 3. The van der Waals surface area contributed by atoms with Crippen molar-refractivity contribution in [3.63, 3.8) is 0 Å². The van der Waals surface area contributed by atoms with Crippen LogP contribution in [0.15, 0.2) is 30.3 Å². The molecule has 1 aromatic carbocycles. The Hall–Kier alpha value is -2.61. The Morgan fingerprint density at radius 3 is 2.04 bits per heavy atom. The van der Waals surface area contributed by atoms with Crippen molar-refractivity contribution in [2.45, 2.75) is 57.9 Å². The number of nitrogens with one attached hydrogen (secondary N) is 2. The fraction of sp³-hybridized carbons (Fsp3) is 0.526. The van der Waals surface area contributed by atoms with Crippen LogP contribution in [0.1, 0.15) is 46.3 Å². The van der Waals surface area contributed by atoms with Crippen LogP contribution in [0.25, 0.3) is 0 Å². The van der Waals surface area contributed by atoms with E-state index in [2.05, 4.69) is 10.6 Å². The maximum Gasteiger partial charge on any atom is 0.408 e. The average molecular weight is 380 g/mol. The van der Waals surface area contributed by atoms with E-state index in [-0.39, 0.29) is 0 Å². The molecule has 0 aromatic heterocycles. The first-order chi connectivity index (χ1) is 12.4. The van der Waals surface area contributed by atoms with Gasteiger partial charge in [0.15, 0.2) is 6.04 Å². The minimum Gasteiger partial charge on any atom is -0.480 e. The van der Waals surface area contributed by atoms with Crippen molar-refractivity contribution in [3.05, 3.63) is 35.9 Å². The fourth-order valence-electron chi connectivity index (χ4n) is 2.31. The Balaban J connectivity index is 2.94. The molecule has 0 bridgehead atoms. The molecule has 150 valence electrons. The Morgan fingerprint density at radius 1 is 1.04 bits per heavy atom. The molecule has 0 spiro atoms. The van der Waals surface area contributed by atoms with Crippen molar-refractivity contribution in [1.29, 1.82) is 0 Å². The third-order valence-corrected chi connectivity index (χ3v) is 3.62. The van der Waals surface area contributed by atoms with Crippen LogP contribution in [0.3, 0.4) is 0 Å². The van der Waals surface area contributed by atoms with E-state index in [0.29, 0.717) is 5.56 Å². The number of methoxy groups -OCH3 is 1. The van der Waals surface area contributed by atoms with Crippen molar-refractivity contribution < 1.29 is 29.0 Å². The Kier molecular flexibility index (Phi) is 7.36. The zero-order valence-electron chi connectivity index (χ0n) is 16.5. The standard InChI is InChI=1S/C19H28N2O6/c1-18(2,3)27-17(25)21-19(4,5)16(24)20-13(15(22)23)14(26-6)12-10-8-7-9-11-12/h7-11,13-14H,1-6H3,(H,20,24)(H,21,25)(H,22,23)/t13-,14?/m1/s1. The number of carboxylic acid groups (broad SMARTS) is 1. The second-order valence-corrected chi connectivity index (χ2v) is 7.61. The number of carbonyl (C=O) groups excluding carboxylic acids is 2. The molecule has 0 aliphatic heterocycles. The summed E-state index contributed by atoms with van der Waals surface area (Å²) in [6.07, 6.45) is -1.68. The fourth-order valence-corrected chi connectivity index (χ4v) is 2.31. The minimum atomic E-state index is -1.40. The summed E-state index contributed by atoms with van der Waals surface area (Å²) >= 11 is 0. The molecule has 2 amide bonds. The molecule has 8 nitrogen and oxygen atoms in total. The molecular weight excluding hydrogens is 352 g/mol. The van der Waals surface area contributed by atoms with Crippen LogP contribution in [-0.4, -0.2) is 47.4 Å². The quantitative estimate of drug-likeness (QED) is 0.668. The molecule has 1 unspecified atom stereocenters. The number of amides is 2. The summed E-state index contributed by atoms with van der Waals surface area (Å²) in [5, 5.41) is 14.5. The maximum absolute atomic E-state index is 12.6. The summed E-state index contributed by atoms with van der Waals surface area (Å²) in [5.41, 5.74) is -1.52. The van der Waals surface area contributed by atoms with Gasteiger partial charge in [0, 0.05) is 7.11 Å². The highest BCUT2D eigenvalue weighted by atomic mass is 16.6.